The smallest absolute Gasteiger partial charge is 0.231 e. The summed E-state index contributed by atoms with van der Waals surface area (Å²) in [7, 11) is 0. The summed E-state index contributed by atoms with van der Waals surface area (Å²) in [5.41, 5.74) is 0.747. The first kappa shape index (κ1) is 21.7. The van der Waals surface area contributed by atoms with Crippen molar-refractivity contribution < 1.29 is 14.3 Å². The number of hydrogen-bond acceptors (Lipinski definition) is 4. The Kier molecular flexibility index (Phi) is 7.98. The zero-order chi connectivity index (χ0) is 20.6. The number of rotatable bonds is 8. The zero-order valence-corrected chi connectivity index (χ0v) is 18.4. The van der Waals surface area contributed by atoms with Gasteiger partial charge in [0.2, 0.25) is 12.7 Å². The summed E-state index contributed by atoms with van der Waals surface area (Å²) >= 11 is 5.60. The number of likely N-dealkylation sites (tertiary alicyclic amines) is 1. The predicted octanol–water partition coefficient (Wildman–Crippen LogP) is 4.16. The predicted molar refractivity (Wildman–Crippen MR) is 119 cm³/mol. The van der Waals surface area contributed by atoms with Crippen LogP contribution in [-0.4, -0.2) is 42.3 Å². The maximum Gasteiger partial charge on any atom is 0.231 e. The number of nitrogens with one attached hydrogen (secondary N) is 2. The lowest BCUT2D eigenvalue weighted by molar-refractivity contribution is -0.120. The Balaban J connectivity index is 1.41. The molecule has 0 aromatic heterocycles. The number of anilines is 1. The van der Waals surface area contributed by atoms with Crippen molar-refractivity contribution in [1.29, 1.82) is 0 Å². The van der Waals surface area contributed by atoms with E-state index in [-0.39, 0.29) is 18.6 Å². The van der Waals surface area contributed by atoms with Crippen molar-refractivity contribution >= 4 is 28.9 Å². The van der Waals surface area contributed by atoms with E-state index in [2.05, 4.69) is 29.4 Å². The van der Waals surface area contributed by atoms with Crippen LogP contribution in [0.5, 0.6) is 11.5 Å². The molecule has 29 heavy (non-hydrogen) atoms. The van der Waals surface area contributed by atoms with Gasteiger partial charge in [-0.2, -0.15) is 0 Å². The van der Waals surface area contributed by atoms with Crippen LogP contribution in [0.15, 0.2) is 18.2 Å². The van der Waals surface area contributed by atoms with Crippen molar-refractivity contribution in [3.05, 3.63) is 18.2 Å². The Morgan fingerprint density at radius 2 is 2.00 bits per heavy atom. The van der Waals surface area contributed by atoms with Gasteiger partial charge in [-0.15, -0.1) is 0 Å². The minimum absolute atomic E-state index is 0.00687. The lowest BCUT2D eigenvalue weighted by Crippen LogP contribution is -2.46. The van der Waals surface area contributed by atoms with Crippen molar-refractivity contribution in [2.75, 3.05) is 31.7 Å². The third-order valence-electron chi connectivity index (χ3n) is 5.88. The number of ether oxygens (including phenoxy) is 2. The molecule has 160 valence electrons. The number of thiocarbonyl (C=S) groups is 1. The van der Waals surface area contributed by atoms with Crippen LogP contribution < -0.4 is 20.1 Å². The van der Waals surface area contributed by atoms with Gasteiger partial charge in [-0.1, -0.05) is 33.1 Å². The summed E-state index contributed by atoms with van der Waals surface area (Å²) in [6, 6.07) is 5.49. The maximum absolute atomic E-state index is 12.6. The highest BCUT2D eigenvalue weighted by Gasteiger charge is 2.26. The van der Waals surface area contributed by atoms with Crippen molar-refractivity contribution in [2.24, 2.45) is 11.8 Å². The first-order valence-corrected chi connectivity index (χ1v) is 11.2. The molecular formula is C22H33N3O3S. The van der Waals surface area contributed by atoms with E-state index in [0.29, 0.717) is 11.7 Å². The van der Waals surface area contributed by atoms with Crippen LogP contribution >= 0.6 is 12.2 Å². The fourth-order valence-electron chi connectivity index (χ4n) is 3.85. The van der Waals surface area contributed by atoms with Gasteiger partial charge >= 0.3 is 0 Å². The van der Waals surface area contributed by atoms with Crippen molar-refractivity contribution in [3.8, 4) is 11.5 Å². The molecule has 1 aromatic carbocycles. The standard InChI is InChI=1S/C22H33N3O3S/c1-3-5-6-16(4-2)14-23-22(29)25-11-9-17(10-12-25)21(26)24-18-7-8-19-20(13-18)28-15-27-19/h7-8,13,16-17H,3-6,9-12,14-15H2,1-2H3,(H,23,29)(H,24,26)/t16-/m1/s1. The first-order chi connectivity index (χ1) is 14.1. The summed E-state index contributed by atoms with van der Waals surface area (Å²) in [5, 5.41) is 7.29. The Morgan fingerprint density at radius 1 is 1.24 bits per heavy atom. The minimum Gasteiger partial charge on any atom is -0.454 e. The molecule has 0 saturated carbocycles. The quantitative estimate of drug-likeness (QED) is 0.617. The van der Waals surface area contributed by atoms with Gasteiger partial charge in [0.1, 0.15) is 0 Å². The Morgan fingerprint density at radius 3 is 2.72 bits per heavy atom. The zero-order valence-electron chi connectivity index (χ0n) is 17.5. The van der Waals surface area contributed by atoms with E-state index in [0.717, 1.165) is 49.0 Å². The van der Waals surface area contributed by atoms with Gasteiger partial charge < -0.3 is 25.0 Å². The van der Waals surface area contributed by atoms with Crippen molar-refractivity contribution in [1.82, 2.24) is 10.2 Å². The molecule has 0 radical (unpaired) electrons. The van der Waals surface area contributed by atoms with Gasteiger partial charge in [-0.3, -0.25) is 4.79 Å². The fourth-order valence-corrected chi connectivity index (χ4v) is 4.12. The van der Waals surface area contributed by atoms with Crippen LogP contribution in [0.2, 0.25) is 0 Å². The van der Waals surface area contributed by atoms with Crippen molar-refractivity contribution in [3.63, 3.8) is 0 Å². The lowest BCUT2D eigenvalue weighted by atomic mass is 9.96. The number of amides is 1. The SMILES string of the molecule is CCCC[C@@H](CC)CNC(=S)N1CCC(C(=O)Nc2ccc3c(c2)OCO3)CC1. The van der Waals surface area contributed by atoms with Crippen molar-refractivity contribution in [2.45, 2.75) is 52.4 Å². The van der Waals surface area contributed by atoms with Crippen LogP contribution in [0.1, 0.15) is 52.4 Å². The van der Waals surface area contributed by atoms with E-state index in [1.165, 1.54) is 25.7 Å². The summed E-state index contributed by atoms with van der Waals surface area (Å²) in [6.07, 6.45) is 6.57. The molecule has 2 heterocycles. The molecule has 1 aromatic rings. The highest BCUT2D eigenvalue weighted by molar-refractivity contribution is 7.80. The second-order valence-electron chi connectivity index (χ2n) is 7.92. The highest BCUT2D eigenvalue weighted by Crippen LogP contribution is 2.34. The average molecular weight is 420 g/mol. The molecule has 6 nitrogen and oxygen atoms in total. The van der Waals surface area contributed by atoms with E-state index in [4.69, 9.17) is 21.7 Å². The number of unbranched alkanes of at least 4 members (excludes halogenated alkanes) is 1. The van der Waals surface area contributed by atoms with Gasteiger partial charge in [0.15, 0.2) is 16.6 Å². The Bertz CT molecular complexity index is 705. The van der Waals surface area contributed by atoms with E-state index in [1.54, 1.807) is 0 Å². The summed E-state index contributed by atoms with van der Waals surface area (Å²) in [5.74, 6) is 2.15. The topological polar surface area (TPSA) is 62.8 Å². The number of carbonyl (C=O) groups excluding carboxylic acids is 1. The maximum atomic E-state index is 12.6. The molecule has 2 aliphatic rings. The van der Waals surface area contributed by atoms with Gasteiger partial charge in [-0.05, 0) is 49.5 Å². The largest absolute Gasteiger partial charge is 0.454 e. The molecular weight excluding hydrogens is 386 g/mol. The normalized spacial score (nSPS) is 17.1. The monoisotopic (exact) mass is 419 g/mol. The summed E-state index contributed by atoms with van der Waals surface area (Å²) in [6.45, 7) is 7.29. The number of benzene rings is 1. The molecule has 1 atom stereocenters. The van der Waals surface area contributed by atoms with Crippen LogP contribution in [0.3, 0.4) is 0 Å². The number of piperidine rings is 1. The highest BCUT2D eigenvalue weighted by atomic mass is 32.1. The van der Waals surface area contributed by atoms with E-state index in [1.807, 2.05) is 18.2 Å². The molecule has 2 aliphatic heterocycles. The molecule has 7 heteroatoms. The molecule has 3 rings (SSSR count). The second-order valence-corrected chi connectivity index (χ2v) is 8.31. The summed E-state index contributed by atoms with van der Waals surface area (Å²) in [4.78, 5) is 14.8. The number of nitrogens with zero attached hydrogens (tertiary/aromatic N) is 1. The summed E-state index contributed by atoms with van der Waals surface area (Å²) < 4.78 is 10.7. The number of fused-ring (bicyclic) bond motifs is 1. The van der Waals surface area contributed by atoms with Gasteiger partial charge in [-0.25, -0.2) is 0 Å². The Labute approximate surface area is 179 Å². The van der Waals surface area contributed by atoms with E-state index >= 15 is 0 Å². The first-order valence-electron chi connectivity index (χ1n) is 10.8. The third kappa shape index (κ3) is 5.98. The Hall–Kier alpha value is -2.02. The molecule has 0 aliphatic carbocycles. The van der Waals surface area contributed by atoms with Crippen LogP contribution in [0.4, 0.5) is 5.69 Å². The fraction of sp³-hybridized carbons (Fsp3) is 0.636. The molecule has 1 amide bonds. The molecule has 1 fully saturated rings. The second kappa shape index (κ2) is 10.7. The van der Waals surface area contributed by atoms with Gasteiger partial charge in [0.05, 0.1) is 0 Å². The molecule has 0 unspecified atom stereocenters. The molecule has 0 spiro atoms. The molecule has 2 N–H and O–H groups in total. The minimum atomic E-state index is 0.00687. The average Bonchev–Trinajstić information content (AvgIpc) is 3.21. The molecule has 0 bridgehead atoms. The van der Waals surface area contributed by atoms with Crippen LogP contribution in [0.25, 0.3) is 0 Å². The van der Waals surface area contributed by atoms with Gasteiger partial charge in [0.25, 0.3) is 0 Å². The van der Waals surface area contributed by atoms with E-state index < -0.39 is 0 Å². The van der Waals surface area contributed by atoms with Crippen LogP contribution in [0, 0.1) is 11.8 Å². The number of hydrogen-bond donors (Lipinski definition) is 2. The lowest BCUT2D eigenvalue weighted by Gasteiger charge is -2.33. The third-order valence-corrected chi connectivity index (χ3v) is 6.28. The van der Waals surface area contributed by atoms with Crippen LogP contribution in [-0.2, 0) is 4.79 Å². The molecule has 1 saturated heterocycles. The van der Waals surface area contributed by atoms with Gasteiger partial charge in [0, 0.05) is 37.3 Å². The van der Waals surface area contributed by atoms with E-state index in [9.17, 15) is 4.79 Å². The number of carbonyl (C=O) groups is 1.